The summed E-state index contributed by atoms with van der Waals surface area (Å²) in [7, 11) is -3.73. The van der Waals surface area contributed by atoms with E-state index < -0.39 is 27.3 Å². The standard InChI is InChI=1S/C8H6O4.C6H12O3S.2Na/c9-7(10)5-2-1-3-6(4-5)8(11)12;7-10(8,9)6-4-2-1-3-5-6;;/h1-4H,(H,9,10)(H,11,12);6H,1-5H2,(H,7,8,9);;/q;;2*+1/p-2. The second kappa shape index (κ2) is 12.4. The van der Waals surface area contributed by atoms with Gasteiger partial charge in [-0.25, -0.2) is 0 Å². The van der Waals surface area contributed by atoms with Crippen LogP contribution in [0.5, 0.6) is 0 Å². The van der Waals surface area contributed by atoms with Crippen LogP contribution >= 0.6 is 0 Å². The van der Waals surface area contributed by atoms with Gasteiger partial charge in [0.1, 0.15) is 0 Å². The van der Waals surface area contributed by atoms with Gasteiger partial charge in [-0.2, -0.15) is 8.42 Å². The van der Waals surface area contributed by atoms with Gasteiger partial charge < -0.3 is 19.8 Å². The zero-order valence-electron chi connectivity index (χ0n) is 13.7. The molecule has 1 aromatic rings. The second-order valence-electron chi connectivity index (χ2n) is 4.93. The van der Waals surface area contributed by atoms with Crippen molar-refractivity contribution in [3.05, 3.63) is 35.4 Å². The molecule has 0 aliphatic heterocycles. The maximum absolute atomic E-state index is 10.5. The van der Waals surface area contributed by atoms with Crippen molar-refractivity contribution in [1.82, 2.24) is 0 Å². The summed E-state index contributed by atoms with van der Waals surface area (Å²) in [4.78, 5) is 20.5. The fourth-order valence-electron chi connectivity index (χ4n) is 2.14. The third kappa shape index (κ3) is 9.53. The van der Waals surface area contributed by atoms with Crippen molar-refractivity contribution in [2.75, 3.05) is 0 Å². The van der Waals surface area contributed by atoms with Crippen LogP contribution in [0.25, 0.3) is 0 Å². The van der Waals surface area contributed by atoms with Gasteiger partial charge in [0.2, 0.25) is 0 Å². The minimum atomic E-state index is -3.73. The first-order chi connectivity index (χ1) is 10.2. The van der Waals surface area contributed by atoms with E-state index in [0.717, 1.165) is 25.3 Å². The smallest absolute Gasteiger partial charge is 0.545 e. The van der Waals surface area contributed by atoms with Gasteiger partial charge in [0.25, 0.3) is 10.1 Å². The molecule has 10 heteroatoms. The van der Waals surface area contributed by atoms with Crippen LogP contribution in [0.2, 0.25) is 0 Å². The van der Waals surface area contributed by atoms with Crippen molar-refractivity contribution in [2.24, 2.45) is 0 Å². The third-order valence-electron chi connectivity index (χ3n) is 3.31. The largest absolute Gasteiger partial charge is 1.00 e. The van der Waals surface area contributed by atoms with Crippen LogP contribution in [0.4, 0.5) is 0 Å². The average molecular weight is 374 g/mol. The number of carbonyl (C=O) groups excluding carboxylic acids is 2. The molecule has 1 aromatic carbocycles. The van der Waals surface area contributed by atoms with E-state index in [4.69, 9.17) is 4.55 Å². The van der Waals surface area contributed by atoms with E-state index in [2.05, 4.69) is 0 Å². The van der Waals surface area contributed by atoms with Crippen molar-refractivity contribution in [1.29, 1.82) is 0 Å². The van der Waals surface area contributed by atoms with E-state index in [9.17, 15) is 28.2 Å². The second-order valence-corrected chi connectivity index (χ2v) is 6.63. The molecule has 0 amide bonds. The molecule has 1 fully saturated rings. The summed E-state index contributed by atoms with van der Waals surface area (Å²) in [6.45, 7) is 0. The van der Waals surface area contributed by atoms with Gasteiger partial charge in [0.05, 0.1) is 17.2 Å². The van der Waals surface area contributed by atoms with Gasteiger partial charge in [0.15, 0.2) is 0 Å². The van der Waals surface area contributed by atoms with Gasteiger partial charge in [-0.15, -0.1) is 0 Å². The minimum absolute atomic E-state index is 0. The molecular weight excluding hydrogens is 358 g/mol. The monoisotopic (exact) mass is 374 g/mol. The molecule has 1 aliphatic rings. The molecule has 0 saturated heterocycles. The van der Waals surface area contributed by atoms with E-state index in [1.54, 1.807) is 0 Å². The number of hydrogen-bond acceptors (Lipinski definition) is 6. The van der Waals surface area contributed by atoms with Gasteiger partial charge in [-0.3, -0.25) is 4.55 Å². The Kier molecular flexibility index (Phi) is 13.6. The predicted molar refractivity (Wildman–Crippen MR) is 73.5 cm³/mol. The van der Waals surface area contributed by atoms with Crippen molar-refractivity contribution >= 4 is 22.1 Å². The number of carbonyl (C=O) groups is 2. The van der Waals surface area contributed by atoms with Crippen molar-refractivity contribution in [2.45, 2.75) is 37.4 Å². The summed E-state index contributed by atoms with van der Waals surface area (Å²) >= 11 is 0. The fraction of sp³-hybridized carbons (Fsp3) is 0.429. The Hall–Kier alpha value is 0.0700. The maximum atomic E-state index is 10.5. The number of rotatable bonds is 3. The topological polar surface area (TPSA) is 135 Å². The Labute approximate surface area is 185 Å². The average Bonchev–Trinajstić information content (AvgIpc) is 2.48. The zero-order chi connectivity index (χ0) is 16.8. The summed E-state index contributed by atoms with van der Waals surface area (Å²) in [5, 5.41) is 20.0. The molecule has 1 N–H and O–H groups in total. The minimum Gasteiger partial charge on any atom is -0.545 e. The van der Waals surface area contributed by atoms with Gasteiger partial charge in [-0.1, -0.05) is 37.5 Å². The Morgan fingerprint density at radius 1 is 0.958 bits per heavy atom. The SMILES string of the molecule is O=C([O-])c1cccc(C(=O)[O-])c1.O=S(=O)(O)C1CCCCC1.[Na+].[Na+]. The quantitative estimate of drug-likeness (QED) is 0.411. The molecule has 0 heterocycles. The van der Waals surface area contributed by atoms with Crippen LogP contribution in [0.3, 0.4) is 0 Å². The molecule has 0 spiro atoms. The Morgan fingerprint density at radius 2 is 1.38 bits per heavy atom. The van der Waals surface area contributed by atoms with Crippen molar-refractivity contribution in [3.8, 4) is 0 Å². The summed E-state index contributed by atoms with van der Waals surface area (Å²) in [5.74, 6) is -2.81. The molecular formula is C14H16Na2O7S. The molecule has 1 aliphatic carbocycles. The predicted octanol–water partition coefficient (Wildman–Crippen LogP) is -6.37. The first-order valence-electron chi connectivity index (χ1n) is 6.71. The molecule has 1 saturated carbocycles. The summed E-state index contributed by atoms with van der Waals surface area (Å²) in [6.07, 6.45) is 4.25. The van der Waals surface area contributed by atoms with E-state index in [1.165, 1.54) is 18.2 Å². The Bertz CT molecular complexity index is 611. The molecule has 0 atom stereocenters. The van der Waals surface area contributed by atoms with E-state index in [1.807, 2.05) is 0 Å². The van der Waals surface area contributed by atoms with E-state index in [0.29, 0.717) is 12.8 Å². The van der Waals surface area contributed by atoms with E-state index in [-0.39, 0.29) is 70.2 Å². The number of carboxylic acid groups (broad SMARTS) is 2. The van der Waals surface area contributed by atoms with Crippen molar-refractivity contribution in [3.63, 3.8) is 0 Å². The summed E-state index contributed by atoms with van der Waals surface area (Å²) in [6, 6.07) is 4.81. The van der Waals surface area contributed by atoms with Crippen LogP contribution in [0.1, 0.15) is 52.8 Å². The molecule has 7 nitrogen and oxygen atoms in total. The summed E-state index contributed by atoms with van der Waals surface area (Å²) in [5.41, 5.74) is -0.339. The summed E-state index contributed by atoms with van der Waals surface area (Å²) < 4.78 is 29.7. The number of aromatic carboxylic acids is 2. The van der Waals surface area contributed by atoms with Gasteiger partial charge in [0, 0.05) is 0 Å². The number of benzene rings is 1. The zero-order valence-corrected chi connectivity index (χ0v) is 18.5. The molecule has 2 rings (SSSR count). The molecule has 0 radical (unpaired) electrons. The first-order valence-corrected chi connectivity index (χ1v) is 8.21. The fourth-order valence-corrected chi connectivity index (χ4v) is 3.07. The Morgan fingerprint density at radius 3 is 1.67 bits per heavy atom. The van der Waals surface area contributed by atoms with Crippen LogP contribution in [0.15, 0.2) is 24.3 Å². The molecule has 24 heavy (non-hydrogen) atoms. The molecule has 0 bridgehead atoms. The van der Waals surface area contributed by atoms with Crippen LogP contribution in [-0.2, 0) is 10.1 Å². The van der Waals surface area contributed by atoms with Crippen LogP contribution < -0.4 is 69.3 Å². The van der Waals surface area contributed by atoms with Crippen LogP contribution in [-0.4, -0.2) is 30.2 Å². The normalized spacial score (nSPS) is 14.2. The van der Waals surface area contributed by atoms with E-state index >= 15 is 0 Å². The molecule has 0 aromatic heterocycles. The molecule has 0 unspecified atom stereocenters. The third-order valence-corrected chi connectivity index (χ3v) is 4.62. The van der Waals surface area contributed by atoms with Gasteiger partial charge in [-0.05, 0) is 30.0 Å². The van der Waals surface area contributed by atoms with Crippen molar-refractivity contribution < 1.29 is 91.9 Å². The maximum Gasteiger partial charge on any atom is 1.00 e. The van der Waals surface area contributed by atoms with Gasteiger partial charge >= 0.3 is 59.1 Å². The Balaban J connectivity index is 0. The first kappa shape index (κ1) is 26.3. The van der Waals surface area contributed by atoms with Crippen LogP contribution in [0, 0.1) is 0 Å². The molecule has 122 valence electrons. The number of carboxylic acids is 2. The number of hydrogen-bond donors (Lipinski definition) is 1.